The second-order valence-corrected chi connectivity index (χ2v) is 8.84. The first kappa shape index (κ1) is 25.2. The maximum atomic E-state index is 12.8. The fraction of sp³-hybridized carbons (Fsp3) is 0.462. The third kappa shape index (κ3) is 7.84. The second-order valence-electron chi connectivity index (χ2n) is 8.40. The van der Waals surface area contributed by atoms with Crippen LogP contribution in [0.15, 0.2) is 42.5 Å². The van der Waals surface area contributed by atoms with Crippen LogP contribution < -0.4 is 15.5 Å². The maximum absolute atomic E-state index is 12.8. The van der Waals surface area contributed by atoms with E-state index in [0.717, 1.165) is 49.0 Å². The highest BCUT2D eigenvalue weighted by Gasteiger charge is 2.20. The topological polar surface area (TPSA) is 70.7 Å². The van der Waals surface area contributed by atoms with Gasteiger partial charge in [-0.3, -0.25) is 9.59 Å². The summed E-state index contributed by atoms with van der Waals surface area (Å²) in [7, 11) is 1.54. The molecular formula is C26H34ClN3O3. The van der Waals surface area contributed by atoms with Gasteiger partial charge in [0, 0.05) is 43.0 Å². The molecule has 7 heteroatoms. The molecule has 0 aliphatic carbocycles. The van der Waals surface area contributed by atoms with Crippen LogP contribution in [0.4, 0.5) is 5.69 Å². The molecule has 0 atom stereocenters. The van der Waals surface area contributed by atoms with E-state index in [1.165, 1.54) is 20.0 Å². The lowest BCUT2D eigenvalue weighted by molar-refractivity contribution is -0.122. The van der Waals surface area contributed by atoms with Gasteiger partial charge < -0.3 is 20.3 Å². The van der Waals surface area contributed by atoms with Crippen molar-refractivity contribution in [3.63, 3.8) is 0 Å². The standard InChI is InChI=1S/C26H34ClN3O3/c1-33-19-25(31)30-16-6-4-2-3-5-14-28-18-22-17-21(9-12-24(22)30)26(32)29-15-13-20-7-10-23(27)11-8-20/h7-12,17,28H,2-6,13-16,18-19H2,1H3,(H,29,32). The summed E-state index contributed by atoms with van der Waals surface area (Å²) in [5.41, 5.74) is 3.51. The van der Waals surface area contributed by atoms with E-state index in [-0.39, 0.29) is 18.4 Å². The number of hydrogen-bond acceptors (Lipinski definition) is 4. The number of anilines is 1. The van der Waals surface area contributed by atoms with Crippen molar-refractivity contribution in [1.29, 1.82) is 0 Å². The third-order valence-electron chi connectivity index (χ3n) is 5.86. The van der Waals surface area contributed by atoms with Gasteiger partial charge in [0.2, 0.25) is 0 Å². The highest BCUT2D eigenvalue weighted by Crippen LogP contribution is 2.24. The monoisotopic (exact) mass is 471 g/mol. The highest BCUT2D eigenvalue weighted by atomic mass is 35.5. The van der Waals surface area contributed by atoms with Crippen molar-refractivity contribution in [3.05, 3.63) is 64.2 Å². The number of rotatable bonds is 6. The van der Waals surface area contributed by atoms with Gasteiger partial charge in [0.05, 0.1) is 0 Å². The zero-order chi connectivity index (χ0) is 23.5. The van der Waals surface area contributed by atoms with Crippen LogP contribution in [0.3, 0.4) is 0 Å². The SMILES string of the molecule is COCC(=O)N1CCCCCCCNCc2cc(C(=O)NCCc3ccc(Cl)cc3)ccc21. The lowest BCUT2D eigenvalue weighted by atomic mass is 10.0. The summed E-state index contributed by atoms with van der Waals surface area (Å²) in [4.78, 5) is 27.4. The minimum Gasteiger partial charge on any atom is -0.375 e. The third-order valence-corrected chi connectivity index (χ3v) is 6.12. The van der Waals surface area contributed by atoms with Crippen molar-refractivity contribution in [1.82, 2.24) is 10.6 Å². The number of ether oxygens (including phenoxy) is 1. The fourth-order valence-corrected chi connectivity index (χ4v) is 4.19. The van der Waals surface area contributed by atoms with Gasteiger partial charge in [-0.1, -0.05) is 43.0 Å². The molecule has 33 heavy (non-hydrogen) atoms. The summed E-state index contributed by atoms with van der Waals surface area (Å²) in [6.07, 6.45) is 6.27. The molecule has 6 nitrogen and oxygen atoms in total. The molecule has 2 amide bonds. The van der Waals surface area contributed by atoms with Gasteiger partial charge >= 0.3 is 0 Å². The van der Waals surface area contributed by atoms with Crippen LogP contribution in [0, 0.1) is 0 Å². The first-order chi connectivity index (χ1) is 16.1. The lowest BCUT2D eigenvalue weighted by Gasteiger charge is -2.26. The molecule has 2 aromatic carbocycles. The highest BCUT2D eigenvalue weighted by molar-refractivity contribution is 6.30. The Hall–Kier alpha value is -2.41. The van der Waals surface area contributed by atoms with Gasteiger partial charge in [0.1, 0.15) is 6.61 Å². The minimum absolute atomic E-state index is 0.0415. The van der Waals surface area contributed by atoms with Crippen molar-refractivity contribution >= 4 is 29.1 Å². The van der Waals surface area contributed by atoms with E-state index < -0.39 is 0 Å². The molecule has 0 saturated heterocycles. The van der Waals surface area contributed by atoms with Crippen molar-refractivity contribution in [2.45, 2.75) is 45.1 Å². The van der Waals surface area contributed by atoms with Crippen LogP contribution in [0.25, 0.3) is 0 Å². The molecule has 0 unspecified atom stereocenters. The fourth-order valence-electron chi connectivity index (χ4n) is 4.06. The quantitative estimate of drug-likeness (QED) is 0.657. The van der Waals surface area contributed by atoms with Crippen LogP contribution in [0.5, 0.6) is 0 Å². The molecule has 0 saturated carbocycles. The van der Waals surface area contributed by atoms with Gasteiger partial charge in [-0.25, -0.2) is 0 Å². The van der Waals surface area contributed by atoms with Gasteiger partial charge in [0.15, 0.2) is 0 Å². The van der Waals surface area contributed by atoms with E-state index in [9.17, 15) is 9.59 Å². The van der Waals surface area contributed by atoms with Crippen LogP contribution in [0.1, 0.15) is 53.6 Å². The maximum Gasteiger partial charge on any atom is 0.252 e. The smallest absolute Gasteiger partial charge is 0.252 e. The van der Waals surface area contributed by atoms with Crippen LogP contribution in [-0.4, -0.2) is 45.2 Å². The molecule has 1 aliphatic rings. The summed E-state index contributed by atoms with van der Waals surface area (Å²) >= 11 is 5.93. The average molecular weight is 472 g/mol. The molecule has 0 fully saturated rings. The predicted octanol–water partition coefficient (Wildman–Crippen LogP) is 4.35. The molecule has 178 valence electrons. The molecule has 1 heterocycles. The van der Waals surface area contributed by atoms with E-state index in [2.05, 4.69) is 10.6 Å². The summed E-state index contributed by atoms with van der Waals surface area (Å²) < 4.78 is 5.12. The van der Waals surface area contributed by atoms with Crippen molar-refractivity contribution in [2.75, 3.05) is 38.3 Å². The first-order valence-electron chi connectivity index (χ1n) is 11.7. The number of hydrogen-bond donors (Lipinski definition) is 2. The molecule has 2 aromatic rings. The first-order valence-corrected chi connectivity index (χ1v) is 12.1. The van der Waals surface area contributed by atoms with E-state index in [0.29, 0.717) is 30.2 Å². The number of carbonyl (C=O) groups is 2. The Labute approximate surface area is 201 Å². The van der Waals surface area contributed by atoms with Gasteiger partial charge in [-0.2, -0.15) is 0 Å². The zero-order valence-electron chi connectivity index (χ0n) is 19.4. The molecule has 0 bridgehead atoms. The molecule has 0 radical (unpaired) electrons. The minimum atomic E-state index is -0.118. The Bertz CT molecular complexity index is 917. The Morgan fingerprint density at radius 3 is 2.61 bits per heavy atom. The second kappa shape index (κ2) is 13.3. The molecule has 0 aromatic heterocycles. The number of methoxy groups -OCH3 is 1. The lowest BCUT2D eigenvalue weighted by Crippen LogP contribution is -2.36. The Morgan fingerprint density at radius 2 is 1.82 bits per heavy atom. The van der Waals surface area contributed by atoms with Gasteiger partial charge in [-0.05, 0) is 67.3 Å². The number of fused-ring (bicyclic) bond motifs is 1. The normalized spacial score (nSPS) is 15.2. The summed E-state index contributed by atoms with van der Waals surface area (Å²) in [6, 6.07) is 13.2. The van der Waals surface area contributed by atoms with Gasteiger partial charge in [-0.15, -0.1) is 0 Å². The number of amides is 2. The molecule has 1 aliphatic heterocycles. The van der Waals surface area contributed by atoms with Crippen LogP contribution in [-0.2, 0) is 22.5 Å². The number of halogens is 1. The van der Waals surface area contributed by atoms with E-state index in [1.54, 1.807) is 6.07 Å². The molecule has 0 spiro atoms. The van der Waals surface area contributed by atoms with E-state index in [4.69, 9.17) is 16.3 Å². The zero-order valence-corrected chi connectivity index (χ0v) is 20.1. The van der Waals surface area contributed by atoms with Crippen molar-refractivity contribution in [2.24, 2.45) is 0 Å². The summed E-state index contributed by atoms with van der Waals surface area (Å²) in [5, 5.41) is 7.18. The number of nitrogens with zero attached hydrogens (tertiary/aromatic N) is 1. The number of carbonyl (C=O) groups excluding carboxylic acids is 2. The van der Waals surface area contributed by atoms with Crippen molar-refractivity contribution in [3.8, 4) is 0 Å². The van der Waals surface area contributed by atoms with Crippen LogP contribution >= 0.6 is 11.6 Å². The summed E-state index contributed by atoms with van der Waals surface area (Å²) in [6.45, 7) is 2.76. The van der Waals surface area contributed by atoms with Crippen molar-refractivity contribution < 1.29 is 14.3 Å². The van der Waals surface area contributed by atoms with E-state index in [1.807, 2.05) is 41.3 Å². The van der Waals surface area contributed by atoms with E-state index >= 15 is 0 Å². The Morgan fingerprint density at radius 1 is 1.06 bits per heavy atom. The summed E-state index contributed by atoms with van der Waals surface area (Å²) in [5.74, 6) is -0.177. The average Bonchev–Trinajstić information content (AvgIpc) is 2.81. The Kier molecular flexibility index (Phi) is 10.2. The van der Waals surface area contributed by atoms with Gasteiger partial charge in [0.25, 0.3) is 11.8 Å². The largest absolute Gasteiger partial charge is 0.375 e. The number of benzene rings is 2. The van der Waals surface area contributed by atoms with Crippen LogP contribution in [0.2, 0.25) is 5.02 Å². The predicted molar refractivity (Wildman–Crippen MR) is 133 cm³/mol. The molecule has 2 N–H and O–H groups in total. The Balaban J connectivity index is 1.74. The molecule has 3 rings (SSSR count). The number of nitrogens with one attached hydrogen (secondary N) is 2. The molecular weight excluding hydrogens is 438 g/mol.